The van der Waals surface area contributed by atoms with Crippen LogP contribution in [-0.2, 0) is 15.0 Å². The highest BCUT2D eigenvalue weighted by atomic mass is 32.1. The second-order valence-corrected chi connectivity index (χ2v) is 8.34. The number of carboxylic acids is 1. The number of carbonyl (C=O) groups excluding carboxylic acids is 2. The van der Waals surface area contributed by atoms with Gasteiger partial charge in [0, 0.05) is 11.3 Å². The SMILES string of the molecule is COc1ccc(-c2c(C(=O)O)sc3c2NC(=O)C[C@@]32C(=O)Nc3ccc(F)cc32)cc1. The van der Waals surface area contributed by atoms with Crippen molar-refractivity contribution in [2.24, 2.45) is 0 Å². The number of aromatic carboxylic acids is 1. The van der Waals surface area contributed by atoms with Gasteiger partial charge in [-0.05, 0) is 41.5 Å². The minimum Gasteiger partial charge on any atom is -0.497 e. The molecule has 156 valence electrons. The fourth-order valence-electron chi connectivity index (χ4n) is 4.27. The molecule has 0 saturated carbocycles. The second kappa shape index (κ2) is 6.64. The average Bonchev–Trinajstić information content (AvgIpc) is 3.25. The minimum absolute atomic E-state index is 0.0191. The molecule has 5 rings (SSSR count). The van der Waals surface area contributed by atoms with E-state index in [0.29, 0.717) is 33.0 Å². The van der Waals surface area contributed by atoms with Gasteiger partial charge in [-0.3, -0.25) is 9.59 Å². The van der Waals surface area contributed by atoms with Gasteiger partial charge in [0.2, 0.25) is 11.8 Å². The minimum atomic E-state index is -1.49. The van der Waals surface area contributed by atoms with E-state index in [2.05, 4.69) is 10.6 Å². The number of benzene rings is 2. The van der Waals surface area contributed by atoms with Gasteiger partial charge in [-0.25, -0.2) is 9.18 Å². The smallest absolute Gasteiger partial charge is 0.346 e. The van der Waals surface area contributed by atoms with Crippen LogP contribution >= 0.6 is 11.3 Å². The van der Waals surface area contributed by atoms with E-state index in [1.54, 1.807) is 24.3 Å². The third kappa shape index (κ3) is 2.66. The summed E-state index contributed by atoms with van der Waals surface area (Å²) in [6.45, 7) is 0. The van der Waals surface area contributed by atoms with Crippen LogP contribution in [0.5, 0.6) is 5.75 Å². The van der Waals surface area contributed by atoms with E-state index >= 15 is 0 Å². The van der Waals surface area contributed by atoms with E-state index in [1.165, 1.54) is 25.3 Å². The number of hydrogen-bond donors (Lipinski definition) is 3. The van der Waals surface area contributed by atoms with E-state index in [4.69, 9.17) is 4.74 Å². The Morgan fingerprint density at radius 3 is 2.58 bits per heavy atom. The topological polar surface area (TPSA) is 105 Å². The van der Waals surface area contributed by atoms with Gasteiger partial charge in [0.15, 0.2) is 0 Å². The van der Waals surface area contributed by atoms with Crippen molar-refractivity contribution >= 4 is 40.5 Å². The van der Waals surface area contributed by atoms with Crippen LogP contribution in [0.25, 0.3) is 11.1 Å². The van der Waals surface area contributed by atoms with Crippen LogP contribution in [0.2, 0.25) is 0 Å². The molecule has 3 heterocycles. The molecule has 3 N–H and O–H groups in total. The molecular weight excluding hydrogens is 423 g/mol. The van der Waals surface area contributed by atoms with Gasteiger partial charge in [0.05, 0.1) is 24.1 Å². The van der Waals surface area contributed by atoms with Crippen molar-refractivity contribution < 1.29 is 28.6 Å². The molecule has 0 saturated heterocycles. The summed E-state index contributed by atoms with van der Waals surface area (Å²) in [6.07, 6.45) is -0.246. The Bertz CT molecular complexity index is 1280. The Labute approximate surface area is 179 Å². The van der Waals surface area contributed by atoms with Gasteiger partial charge >= 0.3 is 5.97 Å². The van der Waals surface area contributed by atoms with Gasteiger partial charge in [0.1, 0.15) is 21.9 Å². The van der Waals surface area contributed by atoms with E-state index in [0.717, 1.165) is 11.3 Å². The molecule has 0 bridgehead atoms. The van der Waals surface area contributed by atoms with Crippen molar-refractivity contribution in [2.75, 3.05) is 17.7 Å². The molecule has 3 aromatic rings. The molecule has 31 heavy (non-hydrogen) atoms. The standard InChI is InChI=1S/C22H15FN2O5S/c1-30-12-5-2-10(3-6-12)16-17-19(31-18(16)20(27)28)22(9-15(26)25-17)13-8-11(23)4-7-14(13)24-21(22)29/h2-8H,9H2,1H3,(H,24,29)(H,25,26)(H,27,28)/t22-/m0/s1. The molecule has 1 spiro atoms. The quantitative estimate of drug-likeness (QED) is 0.576. The zero-order valence-corrected chi connectivity index (χ0v) is 16.9. The van der Waals surface area contributed by atoms with Crippen molar-refractivity contribution in [2.45, 2.75) is 11.8 Å². The monoisotopic (exact) mass is 438 g/mol. The molecule has 0 fully saturated rings. The number of rotatable bonds is 3. The summed E-state index contributed by atoms with van der Waals surface area (Å²) in [7, 11) is 1.52. The summed E-state index contributed by atoms with van der Waals surface area (Å²) in [6, 6.07) is 10.6. The van der Waals surface area contributed by atoms with E-state index in [1.807, 2.05) is 0 Å². The number of halogens is 1. The molecular formula is C22H15FN2O5S. The first-order chi connectivity index (χ1) is 14.8. The van der Waals surface area contributed by atoms with Gasteiger partial charge in [-0.2, -0.15) is 0 Å². The fraction of sp³-hybridized carbons (Fsp3) is 0.136. The van der Waals surface area contributed by atoms with Gasteiger partial charge in [-0.15, -0.1) is 11.3 Å². The molecule has 2 aromatic carbocycles. The molecule has 0 aliphatic carbocycles. The Hall–Kier alpha value is -3.72. The lowest BCUT2D eigenvalue weighted by Gasteiger charge is -2.31. The van der Waals surface area contributed by atoms with Gasteiger partial charge in [-0.1, -0.05) is 12.1 Å². The largest absolute Gasteiger partial charge is 0.497 e. The molecule has 7 nitrogen and oxygen atoms in total. The highest BCUT2D eigenvalue weighted by Gasteiger charge is 2.55. The maximum absolute atomic E-state index is 14.1. The lowest BCUT2D eigenvalue weighted by molar-refractivity contribution is -0.125. The predicted octanol–water partition coefficient (Wildman–Crippen LogP) is 3.84. The Kier molecular flexibility index (Phi) is 4.13. The first-order valence-corrected chi connectivity index (χ1v) is 10.1. The molecule has 0 radical (unpaired) electrons. The highest BCUT2D eigenvalue weighted by Crippen LogP contribution is 2.56. The second-order valence-electron chi connectivity index (χ2n) is 7.32. The summed E-state index contributed by atoms with van der Waals surface area (Å²) in [5.74, 6) is -2.09. The maximum Gasteiger partial charge on any atom is 0.346 e. The zero-order valence-electron chi connectivity index (χ0n) is 16.1. The van der Waals surface area contributed by atoms with Crippen molar-refractivity contribution in [3.05, 3.63) is 63.6 Å². The number of hydrogen-bond acceptors (Lipinski definition) is 5. The summed E-state index contributed by atoms with van der Waals surface area (Å²) in [5, 5.41) is 15.4. The normalized spacial score (nSPS) is 18.9. The molecule has 1 aromatic heterocycles. The van der Waals surface area contributed by atoms with Crippen LogP contribution in [0.15, 0.2) is 42.5 Å². The third-order valence-electron chi connectivity index (χ3n) is 5.64. The lowest BCUT2D eigenvalue weighted by atomic mass is 9.74. The summed E-state index contributed by atoms with van der Waals surface area (Å²) >= 11 is 0.917. The molecule has 9 heteroatoms. The third-order valence-corrected chi connectivity index (χ3v) is 6.98. The lowest BCUT2D eigenvalue weighted by Crippen LogP contribution is -2.42. The number of carboxylic acid groups (broad SMARTS) is 1. The molecule has 1 atom stereocenters. The number of fused-ring (bicyclic) bond motifs is 4. The molecule has 2 amide bonds. The number of thiophene rings is 1. The molecule has 2 aliphatic rings. The van der Waals surface area contributed by atoms with E-state index < -0.39 is 29.0 Å². The van der Waals surface area contributed by atoms with Crippen LogP contribution in [0.3, 0.4) is 0 Å². The van der Waals surface area contributed by atoms with E-state index in [9.17, 15) is 23.9 Å². The molecule has 0 unspecified atom stereocenters. The van der Waals surface area contributed by atoms with Gasteiger partial charge < -0.3 is 20.5 Å². The van der Waals surface area contributed by atoms with Crippen molar-refractivity contribution in [3.63, 3.8) is 0 Å². The van der Waals surface area contributed by atoms with Crippen molar-refractivity contribution in [3.8, 4) is 16.9 Å². The highest BCUT2D eigenvalue weighted by molar-refractivity contribution is 7.15. The van der Waals surface area contributed by atoms with Crippen LogP contribution in [0, 0.1) is 5.82 Å². The fourth-order valence-corrected chi connectivity index (χ4v) is 5.59. The van der Waals surface area contributed by atoms with Crippen LogP contribution in [-0.4, -0.2) is 30.0 Å². The van der Waals surface area contributed by atoms with Crippen LogP contribution in [0.4, 0.5) is 15.8 Å². The van der Waals surface area contributed by atoms with Gasteiger partial charge in [0.25, 0.3) is 0 Å². The first kappa shape index (κ1) is 19.3. The Morgan fingerprint density at radius 1 is 1.16 bits per heavy atom. The number of carbonyl (C=O) groups is 3. The number of anilines is 2. The maximum atomic E-state index is 14.1. The first-order valence-electron chi connectivity index (χ1n) is 9.31. The van der Waals surface area contributed by atoms with Crippen LogP contribution in [0.1, 0.15) is 26.5 Å². The van der Waals surface area contributed by atoms with E-state index in [-0.39, 0.29) is 17.0 Å². The van der Waals surface area contributed by atoms with Crippen LogP contribution < -0.4 is 15.4 Å². The number of ether oxygens (including phenoxy) is 1. The predicted molar refractivity (Wildman–Crippen MR) is 112 cm³/mol. The Balaban J connectivity index is 1.81. The molecule has 2 aliphatic heterocycles. The zero-order chi connectivity index (χ0) is 21.9. The van der Waals surface area contributed by atoms with Crippen molar-refractivity contribution in [1.29, 1.82) is 0 Å². The number of methoxy groups -OCH3 is 1. The average molecular weight is 438 g/mol. The van der Waals surface area contributed by atoms with Crippen molar-refractivity contribution in [1.82, 2.24) is 0 Å². The summed E-state index contributed by atoms with van der Waals surface area (Å²) in [4.78, 5) is 38.4. The number of amides is 2. The Morgan fingerprint density at radius 2 is 1.90 bits per heavy atom. The number of nitrogens with one attached hydrogen (secondary N) is 2. The summed E-state index contributed by atoms with van der Waals surface area (Å²) in [5.41, 5.74) is 0.355. The summed E-state index contributed by atoms with van der Waals surface area (Å²) < 4.78 is 19.3.